The van der Waals surface area contributed by atoms with Crippen molar-refractivity contribution in [2.45, 2.75) is 144 Å². The molecule has 0 bridgehead atoms. The number of hydrogen-bond acceptors (Lipinski definition) is 22. The molecule has 4 aromatic rings. The van der Waals surface area contributed by atoms with E-state index >= 15 is 0 Å². The van der Waals surface area contributed by atoms with Gasteiger partial charge >= 0.3 is 11.9 Å². The summed E-state index contributed by atoms with van der Waals surface area (Å²) < 4.78 is 62.6. The van der Waals surface area contributed by atoms with Gasteiger partial charge in [0.1, 0.15) is 35.8 Å². The summed E-state index contributed by atoms with van der Waals surface area (Å²) in [4.78, 5) is 72.7. The van der Waals surface area contributed by atoms with Crippen molar-refractivity contribution in [1.29, 1.82) is 0 Å². The molecule has 28 heteroatoms. The van der Waals surface area contributed by atoms with Gasteiger partial charge in [-0.15, -0.1) is 20.4 Å². The van der Waals surface area contributed by atoms with Crippen LogP contribution in [0.5, 0.6) is 23.3 Å². The summed E-state index contributed by atoms with van der Waals surface area (Å²) in [6.45, 7) is 34.0. The van der Waals surface area contributed by atoms with Gasteiger partial charge in [-0.05, 0) is 155 Å². The van der Waals surface area contributed by atoms with Crippen LogP contribution in [0.15, 0.2) is 61.2 Å². The Morgan fingerprint density at radius 2 is 0.910 bits per heavy atom. The fourth-order valence-electron chi connectivity index (χ4n) is 14.3. The molecule has 100 heavy (non-hydrogen) atoms. The third kappa shape index (κ3) is 22.7. The average molecular weight is 1400 g/mol. The largest absolute Gasteiger partial charge is 0.478 e. The summed E-state index contributed by atoms with van der Waals surface area (Å²) in [6.07, 6.45) is 10.6. The number of nitrogens with zero attached hydrogens (tertiary/aromatic N) is 14. The van der Waals surface area contributed by atoms with Gasteiger partial charge in [-0.3, -0.25) is 29.2 Å². The van der Waals surface area contributed by atoms with Crippen molar-refractivity contribution in [3.8, 4) is 23.3 Å². The highest BCUT2D eigenvalue weighted by molar-refractivity contribution is 5.98. The number of likely N-dealkylation sites (tertiary alicyclic amines) is 2. The van der Waals surface area contributed by atoms with Crippen molar-refractivity contribution in [1.82, 2.24) is 59.8 Å². The van der Waals surface area contributed by atoms with E-state index in [0.29, 0.717) is 87.2 Å². The van der Waals surface area contributed by atoms with Gasteiger partial charge in [0, 0.05) is 141 Å². The van der Waals surface area contributed by atoms with Gasteiger partial charge in [0.25, 0.3) is 23.6 Å². The lowest BCUT2D eigenvalue weighted by atomic mass is 9.76. The lowest BCUT2D eigenvalue weighted by Crippen LogP contribution is -2.62. The number of halogens is 2. The highest BCUT2D eigenvalue weighted by atomic mass is 19.1. The zero-order chi connectivity index (χ0) is 73.4. The lowest BCUT2D eigenvalue weighted by molar-refractivity contribution is -0.134. The number of ether oxygens (including phenoxy) is 6. The Bertz CT molecular complexity index is 3030. The van der Waals surface area contributed by atoms with E-state index in [1.807, 2.05) is 41.5 Å². The van der Waals surface area contributed by atoms with Crippen LogP contribution in [0.3, 0.4) is 0 Å². The Kier molecular flexibility index (Phi) is 32.1. The SMILES string of the molecule is CCN(C(=O)c1cc(F)ccc1Oc1nncnc1N1CCC2(C1)CN([C@H](CCCN(C)C(COC)COC)C(C)C)C2)C(C)C.CCN(C(=O)c1cc(F)ccc1Oc1nncnc1N1CCC2(C1)CN([C@H](CCCN(C)C(COC)COC)C(C)C)C2)C(C)C.O=C(O)/C=C/C(=O)O. The first-order valence-electron chi connectivity index (χ1n) is 35.1. The molecule has 6 heterocycles. The van der Waals surface area contributed by atoms with E-state index in [9.17, 15) is 28.0 Å². The molecule has 2 aromatic heterocycles. The zero-order valence-electron chi connectivity index (χ0n) is 61.9. The van der Waals surface area contributed by atoms with E-state index in [2.05, 4.69) is 102 Å². The third-order valence-electron chi connectivity index (χ3n) is 19.5. The molecular weight excluding hydrogens is 1290 g/mol. The molecule has 0 aliphatic carbocycles. The van der Waals surface area contributed by atoms with Gasteiger partial charge in [0.15, 0.2) is 11.6 Å². The molecule has 26 nitrogen and oxygen atoms in total. The minimum absolute atomic E-state index is 0.0454. The van der Waals surface area contributed by atoms with Crippen molar-refractivity contribution < 1.29 is 66.6 Å². The van der Waals surface area contributed by atoms with Crippen LogP contribution >= 0.6 is 0 Å². The van der Waals surface area contributed by atoms with Gasteiger partial charge in [-0.25, -0.2) is 28.3 Å². The number of carboxylic acids is 2. The second-order valence-electron chi connectivity index (χ2n) is 28.2. The van der Waals surface area contributed by atoms with Crippen molar-refractivity contribution in [2.75, 3.05) is 157 Å². The molecule has 4 fully saturated rings. The molecule has 2 spiro atoms. The van der Waals surface area contributed by atoms with Gasteiger partial charge < -0.3 is 58.2 Å². The molecule has 0 unspecified atom stereocenters. The molecular formula is C72H112F2N14O12. The van der Waals surface area contributed by atoms with E-state index in [1.165, 1.54) is 49.1 Å². The third-order valence-corrected chi connectivity index (χ3v) is 19.5. The number of carbonyl (C=O) groups is 4. The average Bonchev–Trinajstić information content (AvgIpc) is 1.58. The number of hydrogen-bond donors (Lipinski definition) is 2. The summed E-state index contributed by atoms with van der Waals surface area (Å²) in [5.74, 6) is -0.899. The number of methoxy groups -OCH3 is 4. The van der Waals surface area contributed by atoms with Crippen LogP contribution in [0, 0.1) is 34.3 Å². The Hall–Kier alpha value is -7.18. The first-order chi connectivity index (χ1) is 47.7. The lowest BCUT2D eigenvalue weighted by Gasteiger charge is -2.53. The number of anilines is 2. The second kappa shape index (κ2) is 39.3. The number of carbonyl (C=O) groups excluding carboxylic acids is 2. The van der Waals surface area contributed by atoms with Gasteiger partial charge in [-0.2, -0.15) is 0 Å². The van der Waals surface area contributed by atoms with Crippen LogP contribution in [0.25, 0.3) is 0 Å². The molecule has 8 rings (SSSR count). The fraction of sp³-hybridized carbons (Fsp3) is 0.667. The van der Waals surface area contributed by atoms with Crippen molar-refractivity contribution in [2.24, 2.45) is 22.7 Å². The Balaban J connectivity index is 0.000000284. The minimum atomic E-state index is -1.26. The topological polar surface area (TPSA) is 267 Å². The van der Waals surface area contributed by atoms with Crippen LogP contribution in [-0.4, -0.2) is 277 Å². The Morgan fingerprint density at radius 1 is 0.560 bits per heavy atom. The molecule has 4 saturated heterocycles. The number of aliphatic carboxylic acids is 2. The number of benzene rings is 2. The van der Waals surface area contributed by atoms with Crippen LogP contribution in [0.2, 0.25) is 0 Å². The summed E-state index contributed by atoms with van der Waals surface area (Å²) in [7, 11) is 11.3. The molecule has 4 aliphatic heterocycles. The Morgan fingerprint density at radius 3 is 1.21 bits per heavy atom. The van der Waals surface area contributed by atoms with Crippen molar-refractivity contribution in [3.05, 3.63) is 84.0 Å². The molecule has 4 aliphatic rings. The van der Waals surface area contributed by atoms with E-state index < -0.39 is 23.6 Å². The van der Waals surface area contributed by atoms with Gasteiger partial charge in [-0.1, -0.05) is 27.7 Å². The molecule has 2 aromatic carbocycles. The predicted molar refractivity (Wildman–Crippen MR) is 378 cm³/mol. The number of rotatable bonds is 36. The molecule has 2 amide bonds. The number of amides is 2. The van der Waals surface area contributed by atoms with E-state index in [1.54, 1.807) is 38.2 Å². The Labute approximate surface area is 590 Å². The molecule has 0 saturated carbocycles. The van der Waals surface area contributed by atoms with Crippen LogP contribution in [0.4, 0.5) is 20.4 Å². The van der Waals surface area contributed by atoms with E-state index in [4.69, 9.17) is 38.6 Å². The quantitative estimate of drug-likeness (QED) is 0.0402. The van der Waals surface area contributed by atoms with Crippen LogP contribution in [0.1, 0.15) is 128 Å². The van der Waals surface area contributed by atoms with Crippen LogP contribution in [-0.2, 0) is 28.5 Å². The van der Waals surface area contributed by atoms with Crippen molar-refractivity contribution >= 4 is 35.4 Å². The van der Waals surface area contributed by atoms with Crippen LogP contribution < -0.4 is 19.3 Å². The summed E-state index contributed by atoms with van der Waals surface area (Å²) >= 11 is 0. The second-order valence-corrected chi connectivity index (χ2v) is 28.2. The van der Waals surface area contributed by atoms with E-state index in [0.717, 1.165) is 104 Å². The maximum Gasteiger partial charge on any atom is 0.328 e. The monoisotopic (exact) mass is 1400 g/mol. The number of aromatic nitrogens is 6. The fourth-order valence-corrected chi connectivity index (χ4v) is 14.3. The summed E-state index contributed by atoms with van der Waals surface area (Å²) in [6, 6.07) is 9.45. The number of likely N-dealkylation sites (N-methyl/N-ethyl adjacent to an activating group) is 2. The molecule has 556 valence electrons. The summed E-state index contributed by atoms with van der Waals surface area (Å²) in [5, 5.41) is 32.1. The van der Waals surface area contributed by atoms with Gasteiger partial charge in [0.2, 0.25) is 0 Å². The zero-order valence-corrected chi connectivity index (χ0v) is 61.9. The molecule has 0 radical (unpaired) electrons. The highest BCUT2D eigenvalue weighted by Crippen LogP contribution is 2.47. The predicted octanol–water partition coefficient (Wildman–Crippen LogP) is 8.88. The molecule has 2 N–H and O–H groups in total. The standard InChI is InChI=1S/2C34H54FN7O4.C4H4O4/c2*1-9-42(25(4)5)33(43)28-17-26(35)12-13-30(28)46-32-31(36-23-37-38-32)40-16-14-34(20-40)21-41(22-34)29(24(2)3)11-10-15-39(6)27(18-44-7)19-45-8;5-3(6)1-2-4(7)8/h2*12-13,17,23-25,27,29H,9-11,14-16,18-22H2,1-8H3;1-2H,(H,5,6)(H,7,8)/b;;2-1+/t2*29-;/m11./s1. The normalized spacial score (nSPS) is 16.4. The highest BCUT2D eigenvalue weighted by Gasteiger charge is 2.52. The first kappa shape index (κ1) is 81.8. The molecule has 2 atom stereocenters. The maximum absolute atomic E-state index is 14.3. The van der Waals surface area contributed by atoms with Gasteiger partial charge in [0.05, 0.1) is 49.6 Å². The summed E-state index contributed by atoms with van der Waals surface area (Å²) in [5.41, 5.74) is 0.672. The number of carboxylic acid groups (broad SMARTS) is 2. The minimum Gasteiger partial charge on any atom is -0.478 e. The van der Waals surface area contributed by atoms with Crippen molar-refractivity contribution in [3.63, 3.8) is 0 Å². The maximum atomic E-state index is 14.3. The smallest absolute Gasteiger partial charge is 0.328 e. The first-order valence-corrected chi connectivity index (χ1v) is 35.1. The van der Waals surface area contributed by atoms with E-state index in [-0.39, 0.29) is 81.2 Å².